The van der Waals surface area contributed by atoms with Crippen molar-refractivity contribution < 1.29 is 39.5 Å². The van der Waals surface area contributed by atoms with Crippen molar-refractivity contribution in [3.8, 4) is 34.5 Å². The molecule has 0 fully saturated rings. The zero-order chi connectivity index (χ0) is 32.7. The highest BCUT2D eigenvalue weighted by Gasteiger charge is 2.37. The number of hydrogen-bond donors (Lipinski definition) is 6. The summed E-state index contributed by atoms with van der Waals surface area (Å²) in [6.07, 6.45) is 6.57. The van der Waals surface area contributed by atoms with E-state index in [1.165, 1.54) is 48.5 Å². The van der Waals surface area contributed by atoms with Crippen LogP contribution < -0.4 is 10.9 Å². The molecule has 0 amide bonds. The number of aromatic hydroxyl groups is 6. The van der Waals surface area contributed by atoms with E-state index in [0.29, 0.717) is 12.8 Å². The molecule has 10 heteroatoms. The Morgan fingerprint density at radius 3 is 1.87 bits per heavy atom. The minimum Gasteiger partial charge on any atom is -0.507 e. The van der Waals surface area contributed by atoms with E-state index in [-0.39, 0.29) is 72.3 Å². The average molecular weight is 621 g/mol. The Balaban J connectivity index is 1.39. The third-order valence-electron chi connectivity index (χ3n) is 9.07. The van der Waals surface area contributed by atoms with Gasteiger partial charge in [-0.15, -0.1) is 0 Å². The third-order valence-corrected chi connectivity index (χ3v) is 9.07. The lowest BCUT2D eigenvalue weighted by Gasteiger charge is -2.38. The molecule has 6 aromatic rings. The van der Waals surface area contributed by atoms with Gasteiger partial charge in [0.15, 0.2) is 45.3 Å². The van der Waals surface area contributed by atoms with Gasteiger partial charge < -0.3 is 39.5 Å². The number of rotatable bonds is 3. The van der Waals surface area contributed by atoms with E-state index in [2.05, 4.69) is 0 Å². The van der Waals surface area contributed by atoms with Crippen LogP contribution in [0.3, 0.4) is 0 Å². The van der Waals surface area contributed by atoms with Crippen LogP contribution in [-0.4, -0.2) is 30.6 Å². The molecule has 6 N–H and O–H groups in total. The summed E-state index contributed by atoms with van der Waals surface area (Å²) in [7, 11) is 0. The molecule has 1 aliphatic rings. The zero-order valence-corrected chi connectivity index (χ0v) is 24.7. The fraction of sp³-hybridized carbons (Fsp3) is 0.167. The van der Waals surface area contributed by atoms with Crippen LogP contribution in [0.25, 0.3) is 50.0 Å². The van der Waals surface area contributed by atoms with Gasteiger partial charge >= 0.3 is 0 Å². The predicted octanol–water partition coefficient (Wildman–Crippen LogP) is 6.98. The van der Waals surface area contributed by atoms with Crippen molar-refractivity contribution in [3.05, 3.63) is 97.8 Å². The van der Waals surface area contributed by atoms with Crippen molar-refractivity contribution in [2.45, 2.75) is 32.6 Å². The van der Waals surface area contributed by atoms with Crippen LogP contribution in [0.2, 0.25) is 0 Å². The van der Waals surface area contributed by atoms with Gasteiger partial charge in [-0.3, -0.25) is 9.59 Å². The molecular weight excluding hydrogens is 592 g/mol. The quantitative estimate of drug-likeness (QED) is 0.0686. The Hall–Kier alpha value is -5.90. The fourth-order valence-corrected chi connectivity index (χ4v) is 6.50. The van der Waals surface area contributed by atoms with Gasteiger partial charge in [-0.2, -0.15) is 0 Å². The van der Waals surface area contributed by atoms with Gasteiger partial charge in [0, 0.05) is 17.0 Å². The lowest BCUT2D eigenvalue weighted by atomic mass is 9.66. The SMILES string of the molecule is CC1=CC(c2cc(O)c3c(=O)c4cccc(O)c4oc3c2O)C(C)(/C=C/c2cc(O)c3c(=O)c4cccc(O)c4oc3c2O)CC1. The Labute approximate surface area is 259 Å². The second-order valence-electron chi connectivity index (χ2n) is 12.1. The minimum atomic E-state index is -0.754. The molecule has 10 nitrogen and oxygen atoms in total. The lowest BCUT2D eigenvalue weighted by molar-refractivity contribution is 0.325. The predicted molar refractivity (Wildman–Crippen MR) is 173 cm³/mol. The van der Waals surface area contributed by atoms with Gasteiger partial charge in [-0.1, -0.05) is 42.9 Å². The van der Waals surface area contributed by atoms with Gasteiger partial charge in [0.05, 0.1) is 10.8 Å². The number of fused-ring (bicyclic) bond motifs is 4. The van der Waals surface area contributed by atoms with Gasteiger partial charge in [0.1, 0.15) is 22.3 Å². The highest BCUT2D eigenvalue weighted by atomic mass is 16.4. The van der Waals surface area contributed by atoms with Crippen LogP contribution in [0.1, 0.15) is 43.7 Å². The molecule has 2 atom stereocenters. The van der Waals surface area contributed by atoms with Crippen LogP contribution in [-0.2, 0) is 0 Å². The summed E-state index contributed by atoms with van der Waals surface area (Å²) in [4.78, 5) is 26.4. The Morgan fingerprint density at radius 1 is 0.739 bits per heavy atom. The number of allylic oxidation sites excluding steroid dienone is 3. The Bertz CT molecular complexity index is 2470. The minimum absolute atomic E-state index is 0.0442. The molecule has 2 unspecified atom stereocenters. The van der Waals surface area contributed by atoms with Crippen LogP contribution in [0.4, 0.5) is 0 Å². The van der Waals surface area contributed by atoms with E-state index in [4.69, 9.17) is 8.83 Å². The molecular formula is C36H28O10. The smallest absolute Gasteiger partial charge is 0.204 e. The number of phenols is 6. The van der Waals surface area contributed by atoms with E-state index in [1.807, 2.05) is 19.9 Å². The molecule has 4 aromatic carbocycles. The van der Waals surface area contributed by atoms with Gasteiger partial charge in [-0.25, -0.2) is 0 Å². The molecule has 0 saturated carbocycles. The summed E-state index contributed by atoms with van der Waals surface area (Å²) >= 11 is 0. The molecule has 2 heterocycles. The van der Waals surface area contributed by atoms with Crippen LogP contribution in [0.5, 0.6) is 34.5 Å². The lowest BCUT2D eigenvalue weighted by Crippen LogP contribution is -2.26. The molecule has 0 saturated heterocycles. The first-order chi connectivity index (χ1) is 21.9. The zero-order valence-electron chi connectivity index (χ0n) is 24.7. The number of hydrogen-bond acceptors (Lipinski definition) is 10. The molecule has 0 radical (unpaired) electrons. The van der Waals surface area contributed by atoms with Gasteiger partial charge in [0.2, 0.25) is 10.9 Å². The topological polar surface area (TPSA) is 182 Å². The van der Waals surface area contributed by atoms with Crippen LogP contribution >= 0.6 is 0 Å². The highest BCUT2D eigenvalue weighted by Crippen LogP contribution is 2.52. The van der Waals surface area contributed by atoms with Crippen LogP contribution in [0.15, 0.2) is 84.7 Å². The maximum atomic E-state index is 13.3. The van der Waals surface area contributed by atoms with Crippen molar-refractivity contribution in [2.24, 2.45) is 5.41 Å². The number of benzene rings is 4. The Kier molecular flexibility index (Phi) is 6.31. The second kappa shape index (κ2) is 10.1. The standard InChI is InChI=1S/C36H28O10/c1-16-9-11-36(2,12-10-17-14-24(39)26-29(42)18-5-3-7-22(37)32(18)45-34(26)28(17)41)21(13-16)20-15-25(40)27-30(43)19-6-4-8-23(38)33(19)46-35(27)31(20)44/h3-8,10,12-15,21,37-41,44H,9,11H2,1-2H3/b12-10+. The van der Waals surface area contributed by atoms with E-state index in [0.717, 1.165) is 5.57 Å². The van der Waals surface area contributed by atoms with E-state index >= 15 is 0 Å². The first-order valence-corrected chi connectivity index (χ1v) is 14.5. The second-order valence-corrected chi connectivity index (χ2v) is 12.1. The fourth-order valence-electron chi connectivity index (χ4n) is 6.50. The van der Waals surface area contributed by atoms with Crippen molar-refractivity contribution >= 4 is 50.0 Å². The number of phenolic OH excluding ortho intramolecular Hbond substituents is 6. The summed E-state index contributed by atoms with van der Waals surface area (Å²) in [5.74, 6) is -2.76. The normalized spacial score (nSPS) is 18.7. The Morgan fingerprint density at radius 2 is 1.28 bits per heavy atom. The van der Waals surface area contributed by atoms with Crippen molar-refractivity contribution in [1.29, 1.82) is 0 Å². The summed E-state index contributed by atoms with van der Waals surface area (Å²) in [6.45, 7) is 3.86. The van der Waals surface area contributed by atoms with E-state index in [9.17, 15) is 40.2 Å². The van der Waals surface area contributed by atoms with Crippen molar-refractivity contribution in [3.63, 3.8) is 0 Å². The third kappa shape index (κ3) is 4.17. The van der Waals surface area contributed by atoms with Gasteiger partial charge in [-0.05, 0) is 61.6 Å². The first-order valence-electron chi connectivity index (χ1n) is 14.5. The highest BCUT2D eigenvalue weighted by molar-refractivity contribution is 6.00. The largest absolute Gasteiger partial charge is 0.507 e. The van der Waals surface area contributed by atoms with Crippen LogP contribution in [0, 0.1) is 5.41 Å². The summed E-state index contributed by atoms with van der Waals surface area (Å²) in [5, 5.41) is 64.9. The maximum absolute atomic E-state index is 13.3. The molecule has 1 aliphatic carbocycles. The molecule has 0 aliphatic heterocycles. The molecule has 0 bridgehead atoms. The average Bonchev–Trinajstić information content (AvgIpc) is 3.02. The number of para-hydroxylation sites is 2. The van der Waals surface area contributed by atoms with Crippen molar-refractivity contribution in [1.82, 2.24) is 0 Å². The molecule has 232 valence electrons. The van der Waals surface area contributed by atoms with E-state index < -0.39 is 39.4 Å². The molecule has 2 aromatic heterocycles. The van der Waals surface area contributed by atoms with Gasteiger partial charge in [0.25, 0.3) is 0 Å². The summed E-state index contributed by atoms with van der Waals surface area (Å²) in [6, 6.07) is 11.1. The summed E-state index contributed by atoms with van der Waals surface area (Å²) < 4.78 is 11.6. The molecule has 0 spiro atoms. The monoisotopic (exact) mass is 620 g/mol. The molecule has 7 rings (SSSR count). The van der Waals surface area contributed by atoms with E-state index in [1.54, 1.807) is 12.2 Å². The maximum Gasteiger partial charge on any atom is 0.204 e. The van der Waals surface area contributed by atoms with Crippen molar-refractivity contribution in [2.75, 3.05) is 0 Å². The molecule has 46 heavy (non-hydrogen) atoms. The summed E-state index contributed by atoms with van der Waals surface area (Å²) in [5.41, 5.74) is -1.36. The first kappa shape index (κ1) is 28.8.